The summed E-state index contributed by atoms with van der Waals surface area (Å²) in [5.74, 6) is 0.874. The Morgan fingerprint density at radius 2 is 1.83 bits per heavy atom. The number of fused-ring (bicyclic) bond motifs is 1. The van der Waals surface area contributed by atoms with Crippen molar-refractivity contribution in [1.29, 1.82) is 0 Å². The van der Waals surface area contributed by atoms with Crippen LogP contribution >= 0.6 is 12.4 Å². The van der Waals surface area contributed by atoms with Crippen LogP contribution in [-0.2, 0) is 13.0 Å². The number of benzene rings is 1. The van der Waals surface area contributed by atoms with Crippen molar-refractivity contribution in [1.82, 2.24) is 9.55 Å². The van der Waals surface area contributed by atoms with E-state index < -0.39 is 0 Å². The summed E-state index contributed by atoms with van der Waals surface area (Å²) in [4.78, 5) is 4.72. The number of aryl methyl sites for hydroxylation is 1. The van der Waals surface area contributed by atoms with E-state index in [1.54, 1.807) is 0 Å². The van der Waals surface area contributed by atoms with Gasteiger partial charge in [-0.05, 0) is 49.8 Å². The van der Waals surface area contributed by atoms with Crippen LogP contribution in [0.2, 0.25) is 0 Å². The third-order valence-electron chi connectivity index (χ3n) is 4.97. The minimum Gasteiger partial charge on any atom is -0.343 e. The Bertz CT molecular complexity index is 817. The highest BCUT2D eigenvalue weighted by Crippen LogP contribution is 2.35. The molecule has 0 N–H and O–H groups in total. The maximum absolute atomic E-state index is 4.72. The molecule has 0 bridgehead atoms. The fraction of sp³-hybridized carbons (Fsp3) is 0.350. The van der Waals surface area contributed by atoms with E-state index >= 15 is 0 Å². The van der Waals surface area contributed by atoms with Gasteiger partial charge in [-0.25, -0.2) is 0 Å². The van der Waals surface area contributed by atoms with Crippen molar-refractivity contribution < 1.29 is 0 Å². The summed E-state index contributed by atoms with van der Waals surface area (Å²) < 4.78 is 2.52. The summed E-state index contributed by atoms with van der Waals surface area (Å²) in [6, 6.07) is 12.8. The lowest BCUT2D eigenvalue weighted by Crippen LogP contribution is -2.05. The van der Waals surface area contributed by atoms with E-state index in [2.05, 4.69) is 54.8 Å². The summed E-state index contributed by atoms with van der Waals surface area (Å²) in [6.07, 6.45) is 5.64. The summed E-state index contributed by atoms with van der Waals surface area (Å²) >= 11 is 0. The minimum absolute atomic E-state index is 0. The van der Waals surface area contributed by atoms with Gasteiger partial charge < -0.3 is 4.57 Å². The monoisotopic (exact) mass is 326 g/mol. The SMILES string of the molecule is Cc1c(C)n(CC2CC2)c2c(Cc3ccccc3)nccc12.Cl. The smallest absolute Gasteiger partial charge is 0.0707 e. The zero-order valence-corrected chi connectivity index (χ0v) is 14.6. The number of pyridine rings is 1. The van der Waals surface area contributed by atoms with Crippen molar-refractivity contribution >= 4 is 23.3 Å². The van der Waals surface area contributed by atoms with Gasteiger partial charge in [0.2, 0.25) is 0 Å². The Hall–Kier alpha value is -1.80. The maximum Gasteiger partial charge on any atom is 0.0707 e. The quantitative estimate of drug-likeness (QED) is 0.654. The molecule has 1 aromatic carbocycles. The summed E-state index contributed by atoms with van der Waals surface area (Å²) in [6.45, 7) is 5.65. The summed E-state index contributed by atoms with van der Waals surface area (Å²) in [5.41, 5.74) is 6.71. The summed E-state index contributed by atoms with van der Waals surface area (Å²) in [5, 5.41) is 1.37. The molecular formula is C20H23ClN2. The van der Waals surface area contributed by atoms with Crippen molar-refractivity contribution in [3.05, 3.63) is 65.1 Å². The third kappa shape index (κ3) is 3.00. The van der Waals surface area contributed by atoms with Crippen LogP contribution in [0, 0.1) is 19.8 Å². The van der Waals surface area contributed by atoms with Crippen LogP contribution in [0.3, 0.4) is 0 Å². The van der Waals surface area contributed by atoms with Crippen LogP contribution in [0.15, 0.2) is 42.6 Å². The molecule has 0 saturated heterocycles. The van der Waals surface area contributed by atoms with Gasteiger partial charge >= 0.3 is 0 Å². The van der Waals surface area contributed by atoms with Gasteiger partial charge in [0.1, 0.15) is 0 Å². The fourth-order valence-corrected chi connectivity index (χ4v) is 3.37. The van der Waals surface area contributed by atoms with Gasteiger partial charge in [-0.15, -0.1) is 12.4 Å². The highest BCUT2D eigenvalue weighted by Gasteiger charge is 2.25. The fourth-order valence-electron chi connectivity index (χ4n) is 3.37. The molecule has 3 heteroatoms. The average Bonchev–Trinajstić information content (AvgIpc) is 3.32. The number of nitrogens with zero attached hydrogens (tertiary/aromatic N) is 2. The van der Waals surface area contributed by atoms with Gasteiger partial charge in [-0.1, -0.05) is 30.3 Å². The topological polar surface area (TPSA) is 17.8 Å². The molecule has 1 aliphatic rings. The van der Waals surface area contributed by atoms with E-state index in [-0.39, 0.29) is 12.4 Å². The van der Waals surface area contributed by atoms with Crippen molar-refractivity contribution in [2.45, 2.75) is 39.7 Å². The Kier molecular flexibility index (Phi) is 4.45. The van der Waals surface area contributed by atoms with Gasteiger partial charge in [0.15, 0.2) is 0 Å². The molecule has 1 aliphatic carbocycles. The highest BCUT2D eigenvalue weighted by molar-refractivity contribution is 5.87. The number of rotatable bonds is 4. The van der Waals surface area contributed by atoms with E-state index in [0.29, 0.717) is 0 Å². The lowest BCUT2D eigenvalue weighted by atomic mass is 10.1. The van der Waals surface area contributed by atoms with Crippen LogP contribution in [-0.4, -0.2) is 9.55 Å². The van der Waals surface area contributed by atoms with E-state index in [4.69, 9.17) is 4.98 Å². The van der Waals surface area contributed by atoms with Crippen LogP contribution in [0.25, 0.3) is 10.9 Å². The molecule has 0 amide bonds. The summed E-state index contributed by atoms with van der Waals surface area (Å²) in [7, 11) is 0. The van der Waals surface area contributed by atoms with Crippen LogP contribution in [0.1, 0.15) is 35.4 Å². The zero-order valence-electron chi connectivity index (χ0n) is 13.7. The Morgan fingerprint density at radius 1 is 1.09 bits per heavy atom. The number of aromatic nitrogens is 2. The molecule has 0 atom stereocenters. The van der Waals surface area contributed by atoms with Gasteiger partial charge in [0.25, 0.3) is 0 Å². The molecular weight excluding hydrogens is 304 g/mol. The molecule has 2 heterocycles. The molecule has 3 aromatic rings. The second-order valence-electron chi connectivity index (χ2n) is 6.58. The molecule has 0 radical (unpaired) electrons. The first kappa shape index (κ1) is 16.1. The maximum atomic E-state index is 4.72. The van der Waals surface area contributed by atoms with Crippen LogP contribution in [0.5, 0.6) is 0 Å². The zero-order chi connectivity index (χ0) is 15.1. The number of hydrogen-bond donors (Lipinski definition) is 0. The van der Waals surface area contributed by atoms with Gasteiger partial charge in [0.05, 0.1) is 11.2 Å². The van der Waals surface area contributed by atoms with E-state index in [1.165, 1.54) is 46.3 Å². The van der Waals surface area contributed by atoms with Crippen molar-refractivity contribution in [3.8, 4) is 0 Å². The van der Waals surface area contributed by atoms with E-state index in [0.717, 1.165) is 18.9 Å². The Morgan fingerprint density at radius 3 is 2.52 bits per heavy atom. The third-order valence-corrected chi connectivity index (χ3v) is 4.97. The molecule has 1 saturated carbocycles. The van der Waals surface area contributed by atoms with Crippen LogP contribution in [0.4, 0.5) is 0 Å². The molecule has 1 fully saturated rings. The number of hydrogen-bond acceptors (Lipinski definition) is 1. The Balaban J connectivity index is 0.00000156. The standard InChI is InChI=1S/C20H22N2.ClH/c1-14-15(2)22(13-17-8-9-17)20-18(14)10-11-21-19(20)12-16-6-4-3-5-7-16;/h3-7,10-11,17H,8-9,12-13H2,1-2H3;1H. The molecule has 0 spiro atoms. The highest BCUT2D eigenvalue weighted by atomic mass is 35.5. The molecule has 2 nitrogen and oxygen atoms in total. The van der Waals surface area contributed by atoms with Crippen LogP contribution < -0.4 is 0 Å². The van der Waals surface area contributed by atoms with Crippen molar-refractivity contribution in [3.63, 3.8) is 0 Å². The molecule has 0 aliphatic heterocycles. The predicted molar refractivity (Wildman–Crippen MR) is 98.4 cm³/mol. The van der Waals surface area contributed by atoms with Gasteiger partial charge in [0, 0.05) is 30.2 Å². The normalized spacial score (nSPS) is 14.0. The second-order valence-corrected chi connectivity index (χ2v) is 6.58. The van der Waals surface area contributed by atoms with E-state index in [9.17, 15) is 0 Å². The molecule has 2 aromatic heterocycles. The average molecular weight is 327 g/mol. The first-order valence-electron chi connectivity index (χ1n) is 8.21. The van der Waals surface area contributed by atoms with Gasteiger partial charge in [-0.3, -0.25) is 4.98 Å². The number of halogens is 1. The molecule has 4 rings (SSSR count). The van der Waals surface area contributed by atoms with Gasteiger partial charge in [-0.2, -0.15) is 0 Å². The minimum atomic E-state index is 0. The lowest BCUT2D eigenvalue weighted by Gasteiger charge is -2.10. The molecule has 0 unspecified atom stereocenters. The Labute approximate surface area is 144 Å². The van der Waals surface area contributed by atoms with Crippen molar-refractivity contribution in [2.75, 3.05) is 0 Å². The molecule has 120 valence electrons. The molecule has 23 heavy (non-hydrogen) atoms. The lowest BCUT2D eigenvalue weighted by molar-refractivity contribution is 0.629. The first-order chi connectivity index (χ1) is 10.7. The van der Waals surface area contributed by atoms with E-state index in [1.807, 2.05) is 6.20 Å². The first-order valence-corrected chi connectivity index (χ1v) is 8.21. The largest absolute Gasteiger partial charge is 0.343 e. The second kappa shape index (κ2) is 6.37. The predicted octanol–water partition coefficient (Wildman–Crippen LogP) is 5.08. The van der Waals surface area contributed by atoms with Crippen molar-refractivity contribution in [2.24, 2.45) is 5.92 Å².